The molecule has 3 heterocycles. The summed E-state index contributed by atoms with van der Waals surface area (Å²) in [6.07, 6.45) is 7.59. The second-order valence-corrected chi connectivity index (χ2v) is 5.84. The number of nitrogens with zero attached hydrogens (tertiary/aromatic N) is 5. The van der Waals surface area contributed by atoms with Crippen molar-refractivity contribution in [1.29, 1.82) is 0 Å². The SMILES string of the molecule is CN1N=C(C(=O)N2CCCC[C@@H]2Cn2cccn2)CCC1=O. The van der Waals surface area contributed by atoms with Crippen LogP contribution in [0.2, 0.25) is 0 Å². The maximum Gasteiger partial charge on any atom is 0.270 e. The number of hydrogen-bond acceptors (Lipinski definition) is 4. The maximum atomic E-state index is 12.8. The molecule has 3 rings (SSSR count). The van der Waals surface area contributed by atoms with Crippen LogP contribution in [0.3, 0.4) is 0 Å². The molecule has 0 saturated carbocycles. The normalized spacial score (nSPS) is 22.7. The van der Waals surface area contributed by atoms with Crippen LogP contribution < -0.4 is 0 Å². The average molecular weight is 303 g/mol. The highest BCUT2D eigenvalue weighted by Crippen LogP contribution is 2.20. The van der Waals surface area contributed by atoms with Crippen LogP contribution in [0.5, 0.6) is 0 Å². The first-order valence-corrected chi connectivity index (χ1v) is 7.77. The summed E-state index contributed by atoms with van der Waals surface area (Å²) >= 11 is 0. The van der Waals surface area contributed by atoms with E-state index < -0.39 is 0 Å². The summed E-state index contributed by atoms with van der Waals surface area (Å²) in [5, 5.41) is 9.67. The fraction of sp³-hybridized carbons (Fsp3) is 0.600. The predicted molar refractivity (Wildman–Crippen MR) is 81.0 cm³/mol. The van der Waals surface area contributed by atoms with Gasteiger partial charge in [0, 0.05) is 38.8 Å². The molecule has 1 saturated heterocycles. The van der Waals surface area contributed by atoms with Crippen LogP contribution >= 0.6 is 0 Å². The average Bonchev–Trinajstić information content (AvgIpc) is 3.03. The number of aromatic nitrogens is 2. The molecule has 1 aromatic rings. The second-order valence-electron chi connectivity index (χ2n) is 5.84. The van der Waals surface area contributed by atoms with Gasteiger partial charge in [0.1, 0.15) is 5.71 Å². The maximum absolute atomic E-state index is 12.8. The van der Waals surface area contributed by atoms with E-state index >= 15 is 0 Å². The first-order valence-electron chi connectivity index (χ1n) is 7.77. The van der Waals surface area contributed by atoms with Crippen LogP contribution in [0.4, 0.5) is 0 Å². The van der Waals surface area contributed by atoms with Gasteiger partial charge in [-0.05, 0) is 25.3 Å². The third-order valence-corrected chi connectivity index (χ3v) is 4.30. The lowest BCUT2D eigenvalue weighted by Crippen LogP contribution is -2.49. The molecule has 7 nitrogen and oxygen atoms in total. The van der Waals surface area contributed by atoms with Crippen molar-refractivity contribution in [1.82, 2.24) is 19.7 Å². The highest BCUT2D eigenvalue weighted by Gasteiger charge is 2.32. The topological polar surface area (TPSA) is 70.8 Å². The standard InChI is InChI=1S/C15H21N5O2/c1-18-14(21)7-6-13(17-18)15(22)20-10-3-2-5-12(20)11-19-9-4-8-16-19/h4,8-9,12H,2-3,5-7,10-11H2,1H3/t12-/m1/s1. The van der Waals surface area contributed by atoms with Gasteiger partial charge in [-0.3, -0.25) is 14.3 Å². The van der Waals surface area contributed by atoms with Crippen LogP contribution in [-0.2, 0) is 16.1 Å². The Balaban J connectivity index is 1.74. The van der Waals surface area contributed by atoms with Gasteiger partial charge in [-0.25, -0.2) is 5.01 Å². The summed E-state index contributed by atoms with van der Waals surface area (Å²) in [6, 6.07) is 2.03. The first-order chi connectivity index (χ1) is 10.6. The quantitative estimate of drug-likeness (QED) is 0.832. The summed E-state index contributed by atoms with van der Waals surface area (Å²) in [5.74, 6) is -0.0699. The molecule has 0 N–H and O–H groups in total. The number of hydrazone groups is 1. The van der Waals surface area contributed by atoms with Gasteiger partial charge >= 0.3 is 0 Å². The summed E-state index contributed by atoms with van der Waals surface area (Å²) in [5.41, 5.74) is 0.495. The van der Waals surface area contributed by atoms with Gasteiger partial charge in [0.05, 0.1) is 12.6 Å². The van der Waals surface area contributed by atoms with Crippen molar-refractivity contribution in [2.45, 2.75) is 44.7 Å². The minimum atomic E-state index is -0.0386. The molecule has 118 valence electrons. The Kier molecular flexibility index (Phi) is 4.22. The Hall–Kier alpha value is -2.18. The molecule has 2 aliphatic heterocycles. The zero-order valence-electron chi connectivity index (χ0n) is 12.8. The van der Waals surface area contributed by atoms with E-state index in [2.05, 4.69) is 10.2 Å². The molecular formula is C15H21N5O2. The number of likely N-dealkylation sites (tertiary alicyclic amines) is 1. The Morgan fingerprint density at radius 1 is 1.36 bits per heavy atom. The Morgan fingerprint density at radius 2 is 2.23 bits per heavy atom. The lowest BCUT2D eigenvalue weighted by atomic mass is 10.0. The van der Waals surface area contributed by atoms with Crippen LogP contribution in [0, 0.1) is 0 Å². The van der Waals surface area contributed by atoms with Gasteiger partial charge in [-0.15, -0.1) is 0 Å². The summed E-state index contributed by atoms with van der Waals surface area (Å²) < 4.78 is 1.87. The number of hydrogen-bond donors (Lipinski definition) is 0. The van der Waals surface area contributed by atoms with Crippen molar-refractivity contribution in [3.05, 3.63) is 18.5 Å². The van der Waals surface area contributed by atoms with E-state index in [9.17, 15) is 9.59 Å². The second kappa shape index (κ2) is 6.29. The molecule has 2 amide bonds. The third-order valence-electron chi connectivity index (χ3n) is 4.30. The van der Waals surface area contributed by atoms with Crippen molar-refractivity contribution < 1.29 is 9.59 Å². The van der Waals surface area contributed by atoms with Crippen molar-refractivity contribution in [2.24, 2.45) is 5.10 Å². The van der Waals surface area contributed by atoms with Crippen LogP contribution in [0.25, 0.3) is 0 Å². The zero-order chi connectivity index (χ0) is 15.5. The van der Waals surface area contributed by atoms with Crippen LogP contribution in [0.15, 0.2) is 23.6 Å². The number of carbonyl (C=O) groups is 2. The van der Waals surface area contributed by atoms with Gasteiger partial charge in [0.2, 0.25) is 5.91 Å². The number of piperidine rings is 1. The number of rotatable bonds is 3. The molecule has 0 unspecified atom stereocenters. The Bertz CT molecular complexity index is 581. The summed E-state index contributed by atoms with van der Waals surface area (Å²) in [4.78, 5) is 26.2. The summed E-state index contributed by atoms with van der Waals surface area (Å²) in [7, 11) is 1.60. The largest absolute Gasteiger partial charge is 0.333 e. The van der Waals surface area contributed by atoms with Gasteiger partial charge < -0.3 is 4.90 Å². The lowest BCUT2D eigenvalue weighted by Gasteiger charge is -2.36. The van der Waals surface area contributed by atoms with E-state index in [0.717, 1.165) is 25.8 Å². The van der Waals surface area contributed by atoms with Crippen molar-refractivity contribution in [3.8, 4) is 0 Å². The minimum Gasteiger partial charge on any atom is -0.333 e. The molecule has 1 atom stereocenters. The van der Waals surface area contributed by atoms with Crippen molar-refractivity contribution in [3.63, 3.8) is 0 Å². The van der Waals surface area contributed by atoms with Gasteiger partial charge in [-0.2, -0.15) is 10.2 Å². The molecule has 2 aliphatic rings. The molecule has 7 heteroatoms. The number of amides is 2. The molecule has 0 spiro atoms. The van der Waals surface area contributed by atoms with Crippen LogP contribution in [0.1, 0.15) is 32.1 Å². The fourth-order valence-corrected chi connectivity index (χ4v) is 3.07. The molecular weight excluding hydrogens is 282 g/mol. The molecule has 1 aromatic heterocycles. The van der Waals surface area contributed by atoms with E-state index in [4.69, 9.17) is 0 Å². The van der Waals surface area contributed by atoms with E-state index in [1.165, 1.54) is 5.01 Å². The highest BCUT2D eigenvalue weighted by molar-refractivity contribution is 6.39. The molecule has 0 aromatic carbocycles. The van der Waals surface area contributed by atoms with Gasteiger partial charge in [0.25, 0.3) is 5.91 Å². The lowest BCUT2D eigenvalue weighted by molar-refractivity contribution is -0.131. The van der Waals surface area contributed by atoms with E-state index in [1.807, 2.05) is 21.8 Å². The minimum absolute atomic E-state index is 0.0313. The Morgan fingerprint density at radius 3 is 2.95 bits per heavy atom. The molecule has 22 heavy (non-hydrogen) atoms. The number of carbonyl (C=O) groups excluding carboxylic acids is 2. The first kappa shape index (κ1) is 14.7. The van der Waals surface area contributed by atoms with Crippen LogP contribution in [-0.4, -0.2) is 56.8 Å². The van der Waals surface area contributed by atoms with E-state index in [0.29, 0.717) is 25.1 Å². The molecule has 1 fully saturated rings. The summed E-state index contributed by atoms with van der Waals surface area (Å²) in [6.45, 7) is 1.46. The molecule has 0 aliphatic carbocycles. The monoisotopic (exact) mass is 303 g/mol. The third kappa shape index (κ3) is 3.03. The molecule has 0 radical (unpaired) electrons. The fourth-order valence-electron chi connectivity index (χ4n) is 3.07. The van der Waals surface area contributed by atoms with E-state index in [1.54, 1.807) is 13.2 Å². The zero-order valence-corrected chi connectivity index (χ0v) is 12.8. The smallest absolute Gasteiger partial charge is 0.270 e. The van der Waals surface area contributed by atoms with Gasteiger partial charge in [-0.1, -0.05) is 0 Å². The van der Waals surface area contributed by atoms with E-state index in [-0.39, 0.29) is 17.9 Å². The molecule has 0 bridgehead atoms. The van der Waals surface area contributed by atoms with Gasteiger partial charge in [0.15, 0.2) is 0 Å². The van der Waals surface area contributed by atoms with Crippen molar-refractivity contribution >= 4 is 17.5 Å². The van der Waals surface area contributed by atoms with Crippen molar-refractivity contribution in [2.75, 3.05) is 13.6 Å². The highest BCUT2D eigenvalue weighted by atomic mass is 16.2. The predicted octanol–water partition coefficient (Wildman–Crippen LogP) is 0.872. The Labute approximate surface area is 129 Å².